The van der Waals surface area contributed by atoms with Gasteiger partial charge in [0.15, 0.2) is 0 Å². The van der Waals surface area contributed by atoms with E-state index in [2.05, 4.69) is 5.32 Å². The van der Waals surface area contributed by atoms with Crippen molar-refractivity contribution in [3.63, 3.8) is 0 Å². The zero-order valence-corrected chi connectivity index (χ0v) is 10.8. The third-order valence-corrected chi connectivity index (χ3v) is 3.69. The SMILES string of the molecule is CCCC1(CCC)C(=O)NC(=O)N(C)C1=S. The van der Waals surface area contributed by atoms with Crippen LogP contribution in [-0.4, -0.2) is 28.9 Å². The highest BCUT2D eigenvalue weighted by Crippen LogP contribution is 2.35. The number of carbonyl (C=O) groups is 2. The topological polar surface area (TPSA) is 49.4 Å². The van der Waals surface area contributed by atoms with Crippen molar-refractivity contribution >= 4 is 29.1 Å². The predicted octanol–water partition coefficient (Wildman–Crippen LogP) is 2.08. The molecule has 0 aromatic heterocycles. The van der Waals surface area contributed by atoms with Crippen LogP contribution in [0, 0.1) is 5.41 Å². The highest BCUT2D eigenvalue weighted by atomic mass is 32.1. The summed E-state index contributed by atoms with van der Waals surface area (Å²) in [4.78, 5) is 25.3. The van der Waals surface area contributed by atoms with Crippen molar-refractivity contribution in [1.82, 2.24) is 10.2 Å². The largest absolute Gasteiger partial charge is 0.328 e. The van der Waals surface area contributed by atoms with Crippen LogP contribution in [0.2, 0.25) is 0 Å². The van der Waals surface area contributed by atoms with Gasteiger partial charge >= 0.3 is 6.03 Å². The number of thiocarbonyl (C=S) groups is 1. The Kier molecular flexibility index (Phi) is 4.02. The van der Waals surface area contributed by atoms with Gasteiger partial charge in [-0.25, -0.2) is 4.79 Å². The van der Waals surface area contributed by atoms with Gasteiger partial charge in [0.05, 0.1) is 0 Å². The Morgan fingerprint density at radius 2 is 1.75 bits per heavy atom. The van der Waals surface area contributed by atoms with E-state index >= 15 is 0 Å². The van der Waals surface area contributed by atoms with E-state index in [-0.39, 0.29) is 5.91 Å². The van der Waals surface area contributed by atoms with Crippen LogP contribution in [0.1, 0.15) is 39.5 Å². The Morgan fingerprint density at radius 3 is 2.19 bits per heavy atom. The first-order valence-corrected chi connectivity index (χ1v) is 6.04. The first-order valence-electron chi connectivity index (χ1n) is 5.63. The van der Waals surface area contributed by atoms with Crippen LogP contribution < -0.4 is 5.32 Å². The number of carbonyl (C=O) groups excluding carboxylic acids is 2. The summed E-state index contributed by atoms with van der Waals surface area (Å²) in [5, 5.41) is 2.38. The van der Waals surface area contributed by atoms with Gasteiger partial charge in [0.1, 0.15) is 10.4 Å². The summed E-state index contributed by atoms with van der Waals surface area (Å²) in [6.07, 6.45) is 3.14. The van der Waals surface area contributed by atoms with Crippen molar-refractivity contribution in [3.05, 3.63) is 0 Å². The fourth-order valence-electron chi connectivity index (χ4n) is 2.23. The van der Waals surface area contributed by atoms with Crippen molar-refractivity contribution in [2.24, 2.45) is 5.41 Å². The number of imide groups is 1. The lowest BCUT2D eigenvalue weighted by Gasteiger charge is -2.40. The molecule has 0 atom stereocenters. The van der Waals surface area contributed by atoms with Gasteiger partial charge in [-0.1, -0.05) is 38.9 Å². The van der Waals surface area contributed by atoms with E-state index < -0.39 is 11.4 Å². The summed E-state index contributed by atoms with van der Waals surface area (Å²) < 4.78 is 0. The van der Waals surface area contributed by atoms with Crippen LogP contribution in [0.3, 0.4) is 0 Å². The van der Waals surface area contributed by atoms with E-state index in [9.17, 15) is 9.59 Å². The van der Waals surface area contributed by atoms with Gasteiger partial charge in [-0.05, 0) is 12.8 Å². The number of hydrogen-bond donors (Lipinski definition) is 1. The average molecular weight is 242 g/mol. The maximum absolute atomic E-state index is 12.0. The molecule has 0 unspecified atom stereocenters. The summed E-state index contributed by atoms with van der Waals surface area (Å²) in [5.74, 6) is -0.232. The monoisotopic (exact) mass is 242 g/mol. The molecule has 1 aliphatic rings. The maximum Gasteiger partial charge on any atom is 0.328 e. The summed E-state index contributed by atoms with van der Waals surface area (Å²) >= 11 is 5.29. The van der Waals surface area contributed by atoms with Crippen molar-refractivity contribution in [2.45, 2.75) is 39.5 Å². The molecule has 0 aromatic carbocycles. The number of nitrogens with one attached hydrogen (secondary N) is 1. The maximum atomic E-state index is 12.0. The summed E-state index contributed by atoms with van der Waals surface area (Å²) in [6.45, 7) is 4.04. The Hall–Kier alpha value is -0.970. The van der Waals surface area contributed by atoms with E-state index in [0.717, 1.165) is 12.8 Å². The van der Waals surface area contributed by atoms with Crippen LogP contribution in [0.15, 0.2) is 0 Å². The van der Waals surface area contributed by atoms with Crippen molar-refractivity contribution in [1.29, 1.82) is 0 Å². The number of rotatable bonds is 4. The molecule has 0 aromatic rings. The molecule has 0 radical (unpaired) electrons. The Labute approximate surface area is 101 Å². The van der Waals surface area contributed by atoms with Crippen LogP contribution in [0.5, 0.6) is 0 Å². The molecule has 4 nitrogen and oxygen atoms in total. The minimum Gasteiger partial charge on any atom is -0.290 e. The number of amides is 3. The van der Waals surface area contributed by atoms with Gasteiger partial charge < -0.3 is 0 Å². The second-order valence-electron chi connectivity index (χ2n) is 4.21. The van der Waals surface area contributed by atoms with Gasteiger partial charge in [-0.3, -0.25) is 15.0 Å². The molecule has 1 fully saturated rings. The number of urea groups is 1. The second kappa shape index (κ2) is 4.91. The van der Waals surface area contributed by atoms with E-state index in [1.54, 1.807) is 7.05 Å². The minimum absolute atomic E-state index is 0.232. The van der Waals surface area contributed by atoms with E-state index in [0.29, 0.717) is 17.8 Å². The lowest BCUT2D eigenvalue weighted by molar-refractivity contribution is -0.128. The number of hydrogen-bond acceptors (Lipinski definition) is 3. The van der Waals surface area contributed by atoms with Crippen LogP contribution >= 0.6 is 12.2 Å². The van der Waals surface area contributed by atoms with Crippen LogP contribution in [0.25, 0.3) is 0 Å². The van der Waals surface area contributed by atoms with Crippen LogP contribution in [-0.2, 0) is 4.79 Å². The minimum atomic E-state index is -0.665. The third-order valence-electron chi connectivity index (χ3n) is 3.03. The van der Waals surface area contributed by atoms with Gasteiger partial charge in [0.2, 0.25) is 5.91 Å². The molecule has 1 heterocycles. The molecule has 16 heavy (non-hydrogen) atoms. The second-order valence-corrected chi connectivity index (χ2v) is 4.59. The van der Waals surface area contributed by atoms with E-state index in [4.69, 9.17) is 12.2 Å². The first kappa shape index (κ1) is 13.1. The smallest absolute Gasteiger partial charge is 0.290 e. The zero-order valence-electron chi connectivity index (χ0n) is 10.0. The van der Waals surface area contributed by atoms with E-state index in [1.165, 1.54) is 4.90 Å². The lowest BCUT2D eigenvalue weighted by Crippen LogP contribution is -2.61. The average Bonchev–Trinajstić information content (AvgIpc) is 2.24. The van der Waals surface area contributed by atoms with Crippen LogP contribution in [0.4, 0.5) is 4.79 Å². The quantitative estimate of drug-likeness (QED) is 0.768. The molecule has 0 saturated carbocycles. The molecule has 0 aliphatic carbocycles. The standard InChI is InChI=1S/C11H18N2O2S/c1-4-6-11(7-5-2)8(14)12-10(15)13(3)9(11)16/h4-7H2,1-3H3,(H,12,14,15). The molecular weight excluding hydrogens is 224 g/mol. The normalized spacial score (nSPS) is 19.9. The van der Waals surface area contributed by atoms with E-state index in [1.807, 2.05) is 13.8 Å². The van der Waals surface area contributed by atoms with Crippen molar-refractivity contribution in [3.8, 4) is 0 Å². The molecule has 1 N–H and O–H groups in total. The molecule has 1 rings (SSSR count). The lowest BCUT2D eigenvalue weighted by atomic mass is 9.76. The summed E-state index contributed by atoms with van der Waals surface area (Å²) in [7, 11) is 1.62. The zero-order chi connectivity index (χ0) is 12.3. The fraction of sp³-hybridized carbons (Fsp3) is 0.727. The molecule has 5 heteroatoms. The predicted molar refractivity (Wildman–Crippen MR) is 66.1 cm³/mol. The number of nitrogens with zero attached hydrogens (tertiary/aromatic N) is 1. The Morgan fingerprint density at radius 1 is 1.25 bits per heavy atom. The molecule has 0 spiro atoms. The van der Waals surface area contributed by atoms with Crippen molar-refractivity contribution < 1.29 is 9.59 Å². The third kappa shape index (κ3) is 1.96. The molecular formula is C11H18N2O2S. The fourth-order valence-corrected chi connectivity index (χ4v) is 2.61. The highest BCUT2D eigenvalue weighted by molar-refractivity contribution is 7.80. The Bertz CT molecular complexity index is 322. The van der Waals surface area contributed by atoms with Gasteiger partial charge in [0.25, 0.3) is 0 Å². The molecule has 90 valence electrons. The molecule has 0 bridgehead atoms. The summed E-state index contributed by atoms with van der Waals surface area (Å²) in [6, 6.07) is -0.419. The van der Waals surface area contributed by atoms with Gasteiger partial charge in [-0.2, -0.15) is 0 Å². The first-order chi connectivity index (χ1) is 7.49. The van der Waals surface area contributed by atoms with Gasteiger partial charge in [-0.15, -0.1) is 0 Å². The highest BCUT2D eigenvalue weighted by Gasteiger charge is 2.48. The van der Waals surface area contributed by atoms with Crippen molar-refractivity contribution in [2.75, 3.05) is 7.05 Å². The van der Waals surface area contributed by atoms with Gasteiger partial charge in [0, 0.05) is 7.05 Å². The molecule has 1 saturated heterocycles. The molecule has 3 amide bonds. The summed E-state index contributed by atoms with van der Waals surface area (Å²) in [5.41, 5.74) is -0.665. The molecule has 1 aliphatic heterocycles. The Balaban J connectivity index is 3.08.